The molecule has 242 valence electrons. The van der Waals surface area contributed by atoms with Crippen molar-refractivity contribution in [1.82, 2.24) is 0 Å². The molecule has 3 aliphatic rings. The highest BCUT2D eigenvalue weighted by atomic mass is 32.2. The van der Waals surface area contributed by atoms with Gasteiger partial charge in [0, 0.05) is 25.5 Å². The van der Waals surface area contributed by atoms with Gasteiger partial charge in [-0.3, -0.25) is 0 Å². The molecule has 0 radical (unpaired) electrons. The summed E-state index contributed by atoms with van der Waals surface area (Å²) in [4.78, 5) is 5.61. The van der Waals surface area contributed by atoms with Gasteiger partial charge in [-0.2, -0.15) is 0 Å². The van der Waals surface area contributed by atoms with Crippen molar-refractivity contribution in [2.75, 3.05) is 0 Å². The van der Waals surface area contributed by atoms with E-state index >= 15 is 0 Å². The number of hydrogen-bond acceptors (Lipinski definition) is 2. The van der Waals surface area contributed by atoms with Crippen LogP contribution in [0.15, 0.2) is 129 Å². The van der Waals surface area contributed by atoms with Crippen molar-refractivity contribution < 1.29 is 0 Å². The Hall–Kier alpha value is -3.66. The molecule has 2 aliphatic heterocycles. The summed E-state index contributed by atoms with van der Waals surface area (Å²) in [7, 11) is 0. The van der Waals surface area contributed by atoms with Gasteiger partial charge < -0.3 is 0 Å². The molecule has 0 nitrogen and oxygen atoms in total. The highest BCUT2D eigenvalue weighted by Gasteiger charge is 2.39. The third kappa shape index (κ3) is 5.14. The van der Waals surface area contributed by atoms with Crippen LogP contribution in [0.4, 0.5) is 0 Å². The average molecular weight is 671 g/mol. The monoisotopic (exact) mass is 670 g/mol. The van der Waals surface area contributed by atoms with Crippen LogP contribution in [0.25, 0.3) is 32.7 Å². The first-order chi connectivity index (χ1) is 23.6. The average Bonchev–Trinajstić information content (AvgIpc) is 3.09. The molecule has 2 heterocycles. The Morgan fingerprint density at radius 2 is 1.10 bits per heavy atom. The second-order valence-electron chi connectivity index (χ2n) is 16.4. The summed E-state index contributed by atoms with van der Waals surface area (Å²) < 4.78 is 0. The minimum Gasteiger partial charge on any atom is -0.0911 e. The summed E-state index contributed by atoms with van der Waals surface area (Å²) in [5, 5.41) is 5.54. The molecule has 6 aromatic rings. The zero-order valence-corrected chi connectivity index (χ0v) is 31.1. The number of hydrogen-bond donors (Lipinski definition) is 0. The lowest BCUT2D eigenvalue weighted by Gasteiger charge is -2.35. The largest absolute Gasteiger partial charge is 0.247 e. The Bertz CT molecular complexity index is 2200. The summed E-state index contributed by atoms with van der Waals surface area (Å²) in [6, 6.07) is 38.1. The number of fused-ring (bicyclic) bond motifs is 6. The van der Waals surface area contributed by atoms with Gasteiger partial charge in [-0.25, -0.2) is 0 Å². The van der Waals surface area contributed by atoms with E-state index in [-0.39, 0.29) is 17.5 Å². The van der Waals surface area contributed by atoms with Crippen molar-refractivity contribution >= 4 is 68.2 Å². The minimum atomic E-state index is 0.0951. The third-order valence-electron chi connectivity index (χ3n) is 11.1. The van der Waals surface area contributed by atoms with Gasteiger partial charge >= 0.3 is 0 Å². The van der Waals surface area contributed by atoms with E-state index in [0.29, 0.717) is 5.92 Å². The molecule has 0 N–H and O–H groups in total. The fourth-order valence-electron chi connectivity index (χ4n) is 8.50. The van der Waals surface area contributed by atoms with Crippen LogP contribution in [-0.4, -0.2) is 6.71 Å². The zero-order valence-electron chi connectivity index (χ0n) is 29.5. The molecule has 6 aromatic carbocycles. The molecule has 3 heteroatoms. The van der Waals surface area contributed by atoms with Crippen LogP contribution < -0.4 is 16.4 Å². The molecule has 0 saturated carbocycles. The lowest BCUT2D eigenvalue weighted by atomic mass is 9.36. The van der Waals surface area contributed by atoms with E-state index in [1.165, 1.54) is 105 Å². The normalized spacial score (nSPS) is 16.9. The first-order valence-electron chi connectivity index (χ1n) is 18.0. The molecule has 0 fully saturated rings. The lowest BCUT2D eigenvalue weighted by Crippen LogP contribution is -2.58. The van der Waals surface area contributed by atoms with E-state index in [1.54, 1.807) is 0 Å². The maximum absolute atomic E-state index is 2.53. The van der Waals surface area contributed by atoms with E-state index in [1.807, 2.05) is 23.5 Å². The standard InChI is InChI=1S/C46H43BS2/c1-45(2,3)30-20-22-36-38(26-30)48-40-24-29(25-41-44(40)47(36)37-23-21-31(46(4,5)6)27-39(37)49-41)43-34-18-12-10-16-32(34)42(28-14-8-7-9-15-28)33-17-11-13-19-35(33)43/h8,10-14,16-28H,7,9,15H2,1-6H3. The minimum absolute atomic E-state index is 0.0951. The highest BCUT2D eigenvalue weighted by molar-refractivity contribution is 8.01. The topological polar surface area (TPSA) is 0 Å². The van der Waals surface area contributed by atoms with E-state index in [9.17, 15) is 0 Å². The maximum atomic E-state index is 2.53. The van der Waals surface area contributed by atoms with Gasteiger partial charge in [0.2, 0.25) is 6.71 Å². The molecule has 1 aliphatic carbocycles. The maximum Gasteiger partial charge on any atom is 0.247 e. The summed E-state index contributed by atoms with van der Waals surface area (Å²) in [5.74, 6) is 0.455. The zero-order chi connectivity index (χ0) is 33.7. The van der Waals surface area contributed by atoms with Crippen molar-refractivity contribution in [3.05, 3.63) is 126 Å². The molecule has 0 amide bonds. The fraction of sp³-hybridized carbons (Fsp3) is 0.261. The van der Waals surface area contributed by atoms with E-state index in [0.717, 1.165) is 0 Å². The van der Waals surface area contributed by atoms with Gasteiger partial charge in [-0.15, -0.1) is 0 Å². The Labute approximate surface area is 300 Å². The third-order valence-corrected chi connectivity index (χ3v) is 13.4. The Balaban J connectivity index is 1.32. The Morgan fingerprint density at radius 3 is 1.57 bits per heavy atom. The van der Waals surface area contributed by atoms with Crippen molar-refractivity contribution in [3.63, 3.8) is 0 Å². The molecule has 1 unspecified atom stereocenters. The summed E-state index contributed by atoms with van der Waals surface area (Å²) in [5.41, 5.74) is 11.6. The quantitative estimate of drug-likeness (QED) is 0.102. The van der Waals surface area contributed by atoms with Gasteiger partial charge in [-0.05, 0) is 109 Å². The number of allylic oxidation sites excluding steroid dienone is 2. The number of benzene rings is 6. The van der Waals surface area contributed by atoms with Crippen molar-refractivity contribution in [1.29, 1.82) is 0 Å². The molecule has 0 saturated heterocycles. The first-order valence-corrected chi connectivity index (χ1v) is 19.6. The molecular weight excluding hydrogens is 627 g/mol. The van der Waals surface area contributed by atoms with Crippen LogP contribution >= 0.6 is 23.5 Å². The van der Waals surface area contributed by atoms with Gasteiger partial charge in [0.1, 0.15) is 0 Å². The van der Waals surface area contributed by atoms with Crippen LogP contribution in [-0.2, 0) is 10.8 Å². The van der Waals surface area contributed by atoms with Crippen LogP contribution in [0.1, 0.15) is 83.4 Å². The second kappa shape index (κ2) is 11.4. The summed E-state index contributed by atoms with van der Waals surface area (Å²) in [6.07, 6.45) is 8.54. The van der Waals surface area contributed by atoms with Crippen LogP contribution in [0.3, 0.4) is 0 Å². The predicted octanol–water partition coefficient (Wildman–Crippen LogP) is 11.5. The van der Waals surface area contributed by atoms with Gasteiger partial charge in [0.15, 0.2) is 0 Å². The molecule has 0 aromatic heterocycles. The van der Waals surface area contributed by atoms with Crippen molar-refractivity contribution in [3.8, 4) is 11.1 Å². The Morgan fingerprint density at radius 1 is 0.592 bits per heavy atom. The molecule has 9 rings (SSSR count). The number of rotatable bonds is 2. The van der Waals surface area contributed by atoms with Crippen molar-refractivity contribution in [2.24, 2.45) is 0 Å². The smallest absolute Gasteiger partial charge is 0.0911 e. The van der Waals surface area contributed by atoms with E-state index < -0.39 is 0 Å². The summed E-state index contributed by atoms with van der Waals surface area (Å²) in [6.45, 7) is 14.2. The second-order valence-corrected chi connectivity index (χ2v) is 18.5. The van der Waals surface area contributed by atoms with Crippen LogP contribution in [0.2, 0.25) is 0 Å². The molecule has 1 atom stereocenters. The van der Waals surface area contributed by atoms with E-state index in [4.69, 9.17) is 0 Å². The van der Waals surface area contributed by atoms with E-state index in [2.05, 4.69) is 151 Å². The lowest BCUT2D eigenvalue weighted by molar-refractivity contribution is 0.589. The van der Waals surface area contributed by atoms with Crippen LogP contribution in [0, 0.1) is 0 Å². The van der Waals surface area contributed by atoms with Gasteiger partial charge in [0.25, 0.3) is 0 Å². The highest BCUT2D eigenvalue weighted by Crippen LogP contribution is 2.47. The first kappa shape index (κ1) is 31.3. The fourth-order valence-corrected chi connectivity index (χ4v) is 11.1. The summed E-state index contributed by atoms with van der Waals surface area (Å²) >= 11 is 3.97. The van der Waals surface area contributed by atoms with Gasteiger partial charge in [-0.1, -0.05) is 161 Å². The molecule has 49 heavy (non-hydrogen) atoms. The van der Waals surface area contributed by atoms with Gasteiger partial charge in [0.05, 0.1) is 0 Å². The van der Waals surface area contributed by atoms with Crippen LogP contribution in [0.5, 0.6) is 0 Å². The Kier molecular flexibility index (Phi) is 7.31. The predicted molar refractivity (Wildman–Crippen MR) is 216 cm³/mol. The van der Waals surface area contributed by atoms with Crippen molar-refractivity contribution in [2.45, 2.75) is 97.1 Å². The molecule has 0 bridgehead atoms. The molecule has 0 spiro atoms. The SMILES string of the molecule is CC(C)(C)c1ccc2c(c1)Sc1cc(-c3c4ccccc4c(C4C=CCCC4)c4ccccc34)cc3c1B2c1ccc(C(C)(C)C)cc1S3. The molecular formula is C46H43BS2.